The van der Waals surface area contributed by atoms with E-state index < -0.39 is 0 Å². The first-order chi connectivity index (χ1) is 5.07. The Morgan fingerprint density at radius 1 is 1.55 bits per heavy atom. The highest BCUT2D eigenvalue weighted by Crippen LogP contribution is 2.42. The van der Waals surface area contributed by atoms with Gasteiger partial charge in [0.25, 0.3) is 0 Å². The molecular weight excluding hydrogens is 160 g/mol. The smallest absolute Gasteiger partial charge is 0.227 e. The van der Waals surface area contributed by atoms with Crippen molar-refractivity contribution in [2.75, 3.05) is 0 Å². The van der Waals surface area contributed by atoms with Crippen LogP contribution in [0.3, 0.4) is 0 Å². The third-order valence-electron chi connectivity index (χ3n) is 3.12. The molecule has 0 aromatic rings. The van der Waals surface area contributed by atoms with E-state index in [0.29, 0.717) is 5.92 Å². The van der Waals surface area contributed by atoms with Crippen molar-refractivity contribution < 1.29 is 4.79 Å². The Balaban J connectivity index is 2.72. The molecule has 1 aliphatic carbocycles. The van der Waals surface area contributed by atoms with Crippen LogP contribution in [0.15, 0.2) is 0 Å². The number of hydrogen-bond donors (Lipinski definition) is 0. The van der Waals surface area contributed by atoms with Crippen LogP contribution in [0, 0.1) is 11.3 Å². The molecule has 1 aliphatic rings. The third kappa shape index (κ3) is 1.58. The first kappa shape index (κ1) is 9.05. The molecule has 11 heavy (non-hydrogen) atoms. The molecular formula is C9H15ClO. The minimum Gasteiger partial charge on any atom is -0.281 e. The molecule has 0 N–H and O–H groups in total. The highest BCUT2D eigenvalue weighted by molar-refractivity contribution is 6.64. The molecule has 0 spiro atoms. The van der Waals surface area contributed by atoms with Crippen LogP contribution in [0.2, 0.25) is 0 Å². The van der Waals surface area contributed by atoms with E-state index in [1.54, 1.807) is 0 Å². The highest BCUT2D eigenvalue weighted by Gasteiger charge is 2.38. The van der Waals surface area contributed by atoms with E-state index in [1.165, 1.54) is 6.42 Å². The molecule has 0 saturated heterocycles. The van der Waals surface area contributed by atoms with Gasteiger partial charge in [-0.25, -0.2) is 0 Å². The summed E-state index contributed by atoms with van der Waals surface area (Å²) in [4.78, 5) is 11.1. The van der Waals surface area contributed by atoms with Crippen LogP contribution in [-0.4, -0.2) is 5.24 Å². The summed E-state index contributed by atoms with van der Waals surface area (Å²) in [6.07, 6.45) is 4.52. The zero-order chi connectivity index (χ0) is 8.48. The SMILES string of the molecule is CC1CCCCC1(C)C(=O)Cl. The topological polar surface area (TPSA) is 17.1 Å². The van der Waals surface area contributed by atoms with E-state index in [-0.39, 0.29) is 10.7 Å². The molecule has 2 heteroatoms. The molecule has 2 atom stereocenters. The van der Waals surface area contributed by atoms with Crippen molar-refractivity contribution in [1.29, 1.82) is 0 Å². The monoisotopic (exact) mass is 174 g/mol. The Morgan fingerprint density at radius 3 is 2.55 bits per heavy atom. The predicted octanol–water partition coefficient (Wildman–Crippen LogP) is 2.97. The summed E-state index contributed by atoms with van der Waals surface area (Å²) in [7, 11) is 0. The fourth-order valence-electron chi connectivity index (χ4n) is 1.80. The van der Waals surface area contributed by atoms with Crippen LogP contribution in [0.5, 0.6) is 0 Å². The number of carbonyl (C=O) groups is 1. The van der Waals surface area contributed by atoms with Crippen molar-refractivity contribution >= 4 is 16.8 Å². The molecule has 0 amide bonds. The van der Waals surface area contributed by atoms with E-state index in [4.69, 9.17) is 11.6 Å². The van der Waals surface area contributed by atoms with E-state index in [1.807, 2.05) is 6.92 Å². The highest BCUT2D eigenvalue weighted by atomic mass is 35.5. The molecule has 0 bridgehead atoms. The minimum atomic E-state index is -0.236. The quantitative estimate of drug-likeness (QED) is 0.559. The second kappa shape index (κ2) is 3.14. The van der Waals surface area contributed by atoms with Crippen molar-refractivity contribution in [3.63, 3.8) is 0 Å². The molecule has 1 nitrogen and oxygen atoms in total. The average Bonchev–Trinajstić information content (AvgIpc) is 1.95. The molecule has 0 radical (unpaired) electrons. The summed E-state index contributed by atoms with van der Waals surface area (Å²) < 4.78 is 0. The Morgan fingerprint density at radius 2 is 2.18 bits per heavy atom. The van der Waals surface area contributed by atoms with E-state index in [0.717, 1.165) is 19.3 Å². The number of carbonyl (C=O) groups excluding carboxylic acids is 1. The molecule has 1 saturated carbocycles. The van der Waals surface area contributed by atoms with Crippen molar-refractivity contribution in [2.45, 2.75) is 39.5 Å². The Kier molecular flexibility index (Phi) is 2.58. The van der Waals surface area contributed by atoms with Gasteiger partial charge in [-0.1, -0.05) is 26.7 Å². The fraction of sp³-hybridized carbons (Fsp3) is 0.889. The lowest BCUT2D eigenvalue weighted by atomic mass is 9.69. The molecule has 0 aromatic carbocycles. The van der Waals surface area contributed by atoms with Crippen molar-refractivity contribution in [2.24, 2.45) is 11.3 Å². The maximum Gasteiger partial charge on any atom is 0.227 e. The average molecular weight is 175 g/mol. The van der Waals surface area contributed by atoms with Gasteiger partial charge in [-0.05, 0) is 30.4 Å². The van der Waals surface area contributed by atoms with Gasteiger partial charge in [0.2, 0.25) is 5.24 Å². The second-order valence-electron chi connectivity index (χ2n) is 3.84. The maximum absolute atomic E-state index is 11.1. The van der Waals surface area contributed by atoms with Crippen molar-refractivity contribution in [3.8, 4) is 0 Å². The molecule has 0 aliphatic heterocycles. The lowest BCUT2D eigenvalue weighted by molar-refractivity contribution is -0.123. The van der Waals surface area contributed by atoms with Gasteiger partial charge in [0.05, 0.1) is 0 Å². The maximum atomic E-state index is 11.1. The normalized spacial score (nSPS) is 38.6. The van der Waals surface area contributed by atoms with Crippen LogP contribution in [0.25, 0.3) is 0 Å². The van der Waals surface area contributed by atoms with Crippen molar-refractivity contribution in [3.05, 3.63) is 0 Å². The van der Waals surface area contributed by atoms with Gasteiger partial charge in [0.15, 0.2) is 0 Å². The Bertz CT molecular complexity index is 167. The van der Waals surface area contributed by atoms with E-state index in [2.05, 4.69) is 6.92 Å². The summed E-state index contributed by atoms with van der Waals surface area (Å²) in [5, 5.41) is -0.148. The number of halogens is 1. The van der Waals surface area contributed by atoms with Gasteiger partial charge in [-0.15, -0.1) is 0 Å². The van der Waals surface area contributed by atoms with Crippen molar-refractivity contribution in [1.82, 2.24) is 0 Å². The lowest BCUT2D eigenvalue weighted by Crippen LogP contribution is -2.34. The van der Waals surface area contributed by atoms with Gasteiger partial charge in [0.1, 0.15) is 0 Å². The summed E-state index contributed by atoms with van der Waals surface area (Å²) in [6.45, 7) is 4.12. The number of rotatable bonds is 1. The van der Waals surface area contributed by atoms with Crippen LogP contribution >= 0.6 is 11.6 Å². The molecule has 1 rings (SSSR count). The van der Waals surface area contributed by atoms with E-state index >= 15 is 0 Å². The van der Waals surface area contributed by atoms with E-state index in [9.17, 15) is 4.79 Å². The molecule has 0 aromatic heterocycles. The third-order valence-corrected chi connectivity index (χ3v) is 3.55. The van der Waals surface area contributed by atoms with Crippen LogP contribution in [0.4, 0.5) is 0 Å². The first-order valence-electron chi connectivity index (χ1n) is 4.27. The Labute approximate surface area is 73.1 Å². The predicted molar refractivity (Wildman–Crippen MR) is 46.6 cm³/mol. The first-order valence-corrected chi connectivity index (χ1v) is 4.65. The van der Waals surface area contributed by atoms with Gasteiger partial charge in [-0.3, -0.25) is 4.79 Å². The fourth-order valence-corrected chi connectivity index (χ4v) is 2.08. The molecule has 1 fully saturated rings. The zero-order valence-electron chi connectivity index (χ0n) is 7.19. The molecule has 64 valence electrons. The van der Waals surface area contributed by atoms with Gasteiger partial charge in [-0.2, -0.15) is 0 Å². The lowest BCUT2D eigenvalue weighted by Gasteiger charge is -2.36. The molecule has 2 unspecified atom stereocenters. The number of hydrogen-bond acceptors (Lipinski definition) is 1. The second-order valence-corrected chi connectivity index (χ2v) is 4.18. The van der Waals surface area contributed by atoms with Gasteiger partial charge in [0, 0.05) is 5.41 Å². The standard InChI is InChI=1S/C9H15ClO/c1-7-5-3-4-6-9(7,2)8(10)11/h7H,3-6H2,1-2H3. The summed E-state index contributed by atoms with van der Waals surface area (Å²) >= 11 is 5.55. The van der Waals surface area contributed by atoms with Crippen LogP contribution < -0.4 is 0 Å². The van der Waals surface area contributed by atoms with Gasteiger partial charge < -0.3 is 0 Å². The van der Waals surface area contributed by atoms with Crippen LogP contribution in [-0.2, 0) is 4.79 Å². The Hall–Kier alpha value is -0.0400. The largest absolute Gasteiger partial charge is 0.281 e. The summed E-state index contributed by atoms with van der Waals surface area (Å²) in [6, 6.07) is 0. The molecule has 0 heterocycles. The summed E-state index contributed by atoms with van der Waals surface area (Å²) in [5.41, 5.74) is -0.236. The van der Waals surface area contributed by atoms with Crippen LogP contribution in [0.1, 0.15) is 39.5 Å². The summed E-state index contributed by atoms with van der Waals surface area (Å²) in [5.74, 6) is 0.459. The van der Waals surface area contributed by atoms with Gasteiger partial charge >= 0.3 is 0 Å². The minimum absolute atomic E-state index is 0.148. The zero-order valence-corrected chi connectivity index (χ0v) is 7.95.